The third-order valence-corrected chi connectivity index (χ3v) is 4.39. The van der Waals surface area contributed by atoms with Crippen molar-refractivity contribution < 1.29 is 9.53 Å². The second kappa shape index (κ2) is 11.9. The molecule has 24 heavy (non-hydrogen) atoms. The molecular formula is C20H34N2O2. The van der Waals surface area contributed by atoms with Gasteiger partial charge < -0.3 is 15.4 Å². The van der Waals surface area contributed by atoms with Gasteiger partial charge in [0, 0.05) is 18.7 Å². The number of anilines is 1. The summed E-state index contributed by atoms with van der Waals surface area (Å²) in [5.41, 5.74) is 0.788. The van der Waals surface area contributed by atoms with Crippen molar-refractivity contribution in [1.82, 2.24) is 5.32 Å². The van der Waals surface area contributed by atoms with E-state index in [2.05, 4.69) is 24.6 Å². The monoisotopic (exact) mass is 334 g/mol. The van der Waals surface area contributed by atoms with Crippen molar-refractivity contribution in [3.8, 4) is 5.75 Å². The fourth-order valence-corrected chi connectivity index (χ4v) is 3.05. The molecule has 2 rings (SSSR count). The van der Waals surface area contributed by atoms with Crippen LogP contribution in [-0.2, 0) is 4.79 Å². The van der Waals surface area contributed by atoms with Crippen molar-refractivity contribution >= 4 is 11.6 Å². The maximum Gasteiger partial charge on any atom is 0.221 e. The van der Waals surface area contributed by atoms with E-state index in [1.165, 1.54) is 45.4 Å². The van der Waals surface area contributed by atoms with Crippen LogP contribution >= 0.6 is 0 Å². The molecule has 0 aromatic heterocycles. The van der Waals surface area contributed by atoms with E-state index in [9.17, 15) is 4.79 Å². The molecule has 4 heteroatoms. The van der Waals surface area contributed by atoms with Gasteiger partial charge in [0.25, 0.3) is 0 Å². The summed E-state index contributed by atoms with van der Waals surface area (Å²) < 4.78 is 5.25. The van der Waals surface area contributed by atoms with Crippen molar-refractivity contribution in [3.05, 3.63) is 24.3 Å². The Morgan fingerprint density at radius 3 is 2.33 bits per heavy atom. The number of hydrogen-bond donors (Lipinski definition) is 2. The van der Waals surface area contributed by atoms with Crippen LogP contribution in [0.4, 0.5) is 5.69 Å². The van der Waals surface area contributed by atoms with Crippen LogP contribution in [0.1, 0.15) is 59.3 Å². The lowest BCUT2D eigenvalue weighted by Crippen LogP contribution is -2.25. The van der Waals surface area contributed by atoms with Crippen molar-refractivity contribution in [1.29, 1.82) is 0 Å². The maximum atomic E-state index is 10.7. The van der Waals surface area contributed by atoms with Gasteiger partial charge in [-0.15, -0.1) is 0 Å². The standard InChI is InChI=1S/C10H13NO2.C10H21N/c1-3-13-10-6-4-9(5-7-10)11-8(2)12;1-9(11-2)8-10-6-4-3-5-7-10/h4-7H,3H2,1-2H3,(H,11,12);9-11H,3-8H2,1-2H3. The van der Waals surface area contributed by atoms with Crippen LogP contribution in [0.3, 0.4) is 0 Å². The minimum atomic E-state index is -0.0656. The second-order valence-corrected chi connectivity index (χ2v) is 6.57. The van der Waals surface area contributed by atoms with Gasteiger partial charge in [-0.25, -0.2) is 0 Å². The Bertz CT molecular complexity index is 453. The minimum absolute atomic E-state index is 0.0656. The van der Waals surface area contributed by atoms with E-state index < -0.39 is 0 Å². The number of carbonyl (C=O) groups is 1. The number of rotatable bonds is 6. The topological polar surface area (TPSA) is 50.4 Å². The molecule has 1 amide bonds. The Labute approximate surface area is 147 Å². The van der Waals surface area contributed by atoms with Gasteiger partial charge in [0.2, 0.25) is 5.91 Å². The molecule has 0 radical (unpaired) electrons. The number of ether oxygens (including phenoxy) is 1. The molecule has 1 saturated carbocycles. The predicted molar refractivity (Wildman–Crippen MR) is 102 cm³/mol. The summed E-state index contributed by atoms with van der Waals surface area (Å²) in [5.74, 6) is 1.77. The fourth-order valence-electron chi connectivity index (χ4n) is 3.05. The maximum absolute atomic E-state index is 10.7. The van der Waals surface area contributed by atoms with Crippen molar-refractivity contribution in [2.24, 2.45) is 5.92 Å². The Morgan fingerprint density at radius 1 is 1.21 bits per heavy atom. The lowest BCUT2D eigenvalue weighted by atomic mass is 9.85. The molecule has 4 nitrogen and oxygen atoms in total. The molecular weight excluding hydrogens is 300 g/mol. The molecule has 1 aliphatic rings. The zero-order chi connectivity index (χ0) is 17.8. The molecule has 1 aromatic carbocycles. The zero-order valence-electron chi connectivity index (χ0n) is 15.7. The highest BCUT2D eigenvalue weighted by Gasteiger charge is 2.15. The zero-order valence-corrected chi connectivity index (χ0v) is 15.7. The first-order chi connectivity index (χ1) is 11.5. The molecule has 0 saturated heterocycles. The summed E-state index contributed by atoms with van der Waals surface area (Å²) in [6, 6.07) is 8.00. The molecule has 0 spiro atoms. The van der Waals surface area contributed by atoms with Gasteiger partial charge in [-0.2, -0.15) is 0 Å². The molecule has 136 valence electrons. The van der Waals surface area contributed by atoms with E-state index in [1.807, 2.05) is 31.2 Å². The van der Waals surface area contributed by atoms with Crippen LogP contribution in [0, 0.1) is 5.92 Å². The Balaban J connectivity index is 0.000000243. The van der Waals surface area contributed by atoms with Gasteiger partial charge in [-0.3, -0.25) is 4.79 Å². The van der Waals surface area contributed by atoms with E-state index in [0.717, 1.165) is 23.4 Å². The third-order valence-electron chi connectivity index (χ3n) is 4.39. The predicted octanol–water partition coefficient (Wildman–Crippen LogP) is 4.61. The minimum Gasteiger partial charge on any atom is -0.494 e. The van der Waals surface area contributed by atoms with Gasteiger partial charge in [-0.1, -0.05) is 32.1 Å². The van der Waals surface area contributed by atoms with Crippen LogP contribution < -0.4 is 15.4 Å². The molecule has 0 heterocycles. The number of amides is 1. The van der Waals surface area contributed by atoms with E-state index in [-0.39, 0.29) is 5.91 Å². The van der Waals surface area contributed by atoms with Crippen LogP contribution in [0.25, 0.3) is 0 Å². The highest BCUT2D eigenvalue weighted by molar-refractivity contribution is 5.88. The lowest BCUT2D eigenvalue weighted by Gasteiger charge is -2.24. The summed E-state index contributed by atoms with van der Waals surface area (Å²) in [6.45, 7) is 6.35. The van der Waals surface area contributed by atoms with Crippen LogP contribution in [0.5, 0.6) is 5.75 Å². The summed E-state index contributed by atoms with van der Waals surface area (Å²) in [4.78, 5) is 10.7. The van der Waals surface area contributed by atoms with Gasteiger partial charge in [-0.05, 0) is 57.5 Å². The first kappa shape index (κ1) is 20.5. The number of carbonyl (C=O) groups excluding carboxylic acids is 1. The summed E-state index contributed by atoms with van der Waals surface area (Å²) in [5, 5.41) is 5.99. The van der Waals surface area contributed by atoms with Gasteiger partial charge in [0.1, 0.15) is 5.75 Å². The first-order valence-corrected chi connectivity index (χ1v) is 9.22. The highest BCUT2D eigenvalue weighted by Crippen LogP contribution is 2.27. The van der Waals surface area contributed by atoms with Crippen molar-refractivity contribution in [3.63, 3.8) is 0 Å². The molecule has 0 aliphatic heterocycles. The first-order valence-electron chi connectivity index (χ1n) is 9.22. The van der Waals surface area contributed by atoms with E-state index in [0.29, 0.717) is 6.61 Å². The molecule has 1 atom stereocenters. The molecule has 1 aromatic rings. The molecule has 1 aliphatic carbocycles. The molecule has 1 unspecified atom stereocenters. The Kier molecular flexibility index (Phi) is 10.2. The lowest BCUT2D eigenvalue weighted by molar-refractivity contribution is -0.114. The van der Waals surface area contributed by atoms with E-state index in [4.69, 9.17) is 4.74 Å². The average Bonchev–Trinajstić information content (AvgIpc) is 2.58. The SMILES string of the molecule is CCOc1ccc(NC(C)=O)cc1.CNC(C)CC1CCCCC1. The second-order valence-electron chi connectivity index (χ2n) is 6.57. The molecule has 0 bridgehead atoms. The van der Waals surface area contributed by atoms with Gasteiger partial charge in [0.15, 0.2) is 0 Å². The average molecular weight is 335 g/mol. The third kappa shape index (κ3) is 8.92. The van der Waals surface area contributed by atoms with E-state index >= 15 is 0 Å². The smallest absolute Gasteiger partial charge is 0.221 e. The van der Waals surface area contributed by atoms with Gasteiger partial charge in [0.05, 0.1) is 6.61 Å². The quantitative estimate of drug-likeness (QED) is 0.799. The summed E-state index contributed by atoms with van der Waals surface area (Å²) in [6.07, 6.45) is 8.77. The van der Waals surface area contributed by atoms with Crippen LogP contribution in [0.2, 0.25) is 0 Å². The Hall–Kier alpha value is -1.55. The summed E-state index contributed by atoms with van der Waals surface area (Å²) in [7, 11) is 2.06. The van der Waals surface area contributed by atoms with Crippen LogP contribution in [-0.4, -0.2) is 25.6 Å². The van der Waals surface area contributed by atoms with Gasteiger partial charge >= 0.3 is 0 Å². The van der Waals surface area contributed by atoms with E-state index in [1.54, 1.807) is 0 Å². The largest absolute Gasteiger partial charge is 0.494 e. The number of hydrogen-bond acceptors (Lipinski definition) is 3. The van der Waals surface area contributed by atoms with Crippen molar-refractivity contribution in [2.75, 3.05) is 19.0 Å². The number of nitrogens with one attached hydrogen (secondary N) is 2. The number of benzene rings is 1. The normalized spacial score (nSPS) is 15.8. The molecule has 1 fully saturated rings. The summed E-state index contributed by atoms with van der Waals surface area (Å²) >= 11 is 0. The van der Waals surface area contributed by atoms with Crippen LogP contribution in [0.15, 0.2) is 24.3 Å². The fraction of sp³-hybridized carbons (Fsp3) is 0.650. The Morgan fingerprint density at radius 2 is 1.83 bits per heavy atom. The molecule has 2 N–H and O–H groups in total. The van der Waals surface area contributed by atoms with Crippen molar-refractivity contribution in [2.45, 2.75) is 65.3 Å². The highest BCUT2D eigenvalue weighted by atomic mass is 16.5.